The highest BCUT2D eigenvalue weighted by Crippen LogP contribution is 2.10. The molecule has 0 bridgehead atoms. The average molecular weight is 287 g/mol. The van der Waals surface area contributed by atoms with Crippen LogP contribution < -0.4 is 10.1 Å². The molecule has 0 aromatic heterocycles. The highest BCUT2D eigenvalue weighted by atomic mass is 19.1. The first-order chi connectivity index (χ1) is 10.1. The maximum absolute atomic E-state index is 12.7. The molecule has 0 spiro atoms. The molecule has 1 amide bonds. The molecule has 0 aliphatic heterocycles. The normalized spacial score (nSPS) is 9.95. The molecular formula is C16H14FNO3. The number of rotatable bonds is 5. The van der Waals surface area contributed by atoms with Gasteiger partial charge in [0, 0.05) is 0 Å². The zero-order chi connectivity index (χ0) is 15.1. The summed E-state index contributed by atoms with van der Waals surface area (Å²) in [7, 11) is 0. The van der Waals surface area contributed by atoms with E-state index in [1.165, 1.54) is 24.3 Å². The molecule has 21 heavy (non-hydrogen) atoms. The van der Waals surface area contributed by atoms with Crippen LogP contribution >= 0.6 is 0 Å². The van der Waals surface area contributed by atoms with Crippen molar-refractivity contribution in [1.82, 2.24) is 5.32 Å². The maximum Gasteiger partial charge on any atom is 0.330 e. The van der Waals surface area contributed by atoms with Gasteiger partial charge in [-0.25, -0.2) is 9.18 Å². The molecule has 0 heterocycles. The number of amides is 1. The van der Waals surface area contributed by atoms with Gasteiger partial charge < -0.3 is 10.1 Å². The maximum atomic E-state index is 12.7. The zero-order valence-electron chi connectivity index (χ0n) is 11.2. The van der Waals surface area contributed by atoms with Crippen molar-refractivity contribution in [3.05, 3.63) is 66.0 Å². The Bertz CT molecular complexity index is 611. The Labute approximate surface area is 121 Å². The summed E-state index contributed by atoms with van der Waals surface area (Å²) in [6.45, 7) is -0.233. The van der Waals surface area contributed by atoms with Crippen LogP contribution in [0, 0.1) is 5.82 Å². The standard InChI is InChI=1S/C16H14FNO3/c17-13-6-8-14(9-7-13)21-16(20)11-18-15(19)10-12-4-2-1-3-5-12/h1-9H,10-11H2,(H,18,19). The molecular weight excluding hydrogens is 273 g/mol. The second-order valence-corrected chi connectivity index (χ2v) is 4.37. The molecule has 0 unspecified atom stereocenters. The molecule has 2 aromatic rings. The Hall–Kier alpha value is -2.69. The van der Waals surface area contributed by atoms with Crippen molar-refractivity contribution in [2.24, 2.45) is 0 Å². The van der Waals surface area contributed by atoms with Crippen LogP contribution in [0.5, 0.6) is 5.75 Å². The van der Waals surface area contributed by atoms with Gasteiger partial charge >= 0.3 is 5.97 Å². The lowest BCUT2D eigenvalue weighted by atomic mass is 10.1. The molecule has 0 saturated carbocycles. The molecule has 108 valence electrons. The predicted molar refractivity (Wildman–Crippen MR) is 75.2 cm³/mol. The SMILES string of the molecule is O=C(Cc1ccccc1)NCC(=O)Oc1ccc(F)cc1. The van der Waals surface area contributed by atoms with Crippen molar-refractivity contribution in [2.75, 3.05) is 6.54 Å². The third-order valence-corrected chi connectivity index (χ3v) is 2.68. The van der Waals surface area contributed by atoms with E-state index in [0.717, 1.165) is 5.56 Å². The van der Waals surface area contributed by atoms with Crippen LogP contribution in [0.15, 0.2) is 54.6 Å². The quantitative estimate of drug-likeness (QED) is 0.676. The number of carbonyl (C=O) groups is 2. The molecule has 0 atom stereocenters. The first-order valence-electron chi connectivity index (χ1n) is 6.40. The van der Waals surface area contributed by atoms with Crippen molar-refractivity contribution in [3.63, 3.8) is 0 Å². The minimum Gasteiger partial charge on any atom is -0.425 e. The summed E-state index contributed by atoms with van der Waals surface area (Å²) < 4.78 is 17.6. The van der Waals surface area contributed by atoms with Gasteiger partial charge in [-0.2, -0.15) is 0 Å². The van der Waals surface area contributed by atoms with Gasteiger partial charge in [0.15, 0.2) is 0 Å². The van der Waals surface area contributed by atoms with Gasteiger partial charge in [-0.05, 0) is 29.8 Å². The van der Waals surface area contributed by atoms with E-state index in [2.05, 4.69) is 5.32 Å². The van der Waals surface area contributed by atoms with Crippen LogP contribution in [0.2, 0.25) is 0 Å². The molecule has 1 N–H and O–H groups in total. The van der Waals surface area contributed by atoms with Gasteiger partial charge in [0.05, 0.1) is 6.42 Å². The molecule has 4 nitrogen and oxygen atoms in total. The first-order valence-corrected chi connectivity index (χ1v) is 6.40. The minimum absolute atomic E-state index is 0.199. The van der Waals surface area contributed by atoms with E-state index >= 15 is 0 Å². The van der Waals surface area contributed by atoms with Crippen molar-refractivity contribution in [1.29, 1.82) is 0 Å². The molecule has 5 heteroatoms. The highest BCUT2D eigenvalue weighted by molar-refractivity contribution is 5.84. The van der Waals surface area contributed by atoms with Gasteiger partial charge in [0.1, 0.15) is 18.1 Å². The van der Waals surface area contributed by atoms with Crippen LogP contribution in [0.4, 0.5) is 4.39 Å². The summed E-state index contributed by atoms with van der Waals surface area (Å²) in [4.78, 5) is 23.2. The van der Waals surface area contributed by atoms with Crippen molar-refractivity contribution >= 4 is 11.9 Å². The van der Waals surface area contributed by atoms with E-state index in [-0.39, 0.29) is 24.6 Å². The number of ether oxygens (including phenoxy) is 1. The molecule has 0 saturated heterocycles. The molecule has 2 aromatic carbocycles. The lowest BCUT2D eigenvalue weighted by Gasteiger charge is -2.06. The average Bonchev–Trinajstić information content (AvgIpc) is 2.49. The van der Waals surface area contributed by atoms with Gasteiger partial charge in [0.25, 0.3) is 0 Å². The van der Waals surface area contributed by atoms with Gasteiger partial charge in [-0.3, -0.25) is 4.79 Å². The van der Waals surface area contributed by atoms with Gasteiger partial charge in [-0.1, -0.05) is 30.3 Å². The Balaban J connectivity index is 1.76. The van der Waals surface area contributed by atoms with E-state index in [1.54, 1.807) is 0 Å². The lowest BCUT2D eigenvalue weighted by Crippen LogP contribution is -2.32. The summed E-state index contributed by atoms with van der Waals surface area (Å²) in [5.74, 6) is -1.05. The van der Waals surface area contributed by atoms with Gasteiger partial charge in [-0.15, -0.1) is 0 Å². The van der Waals surface area contributed by atoms with Crippen molar-refractivity contribution < 1.29 is 18.7 Å². The number of hydrogen-bond donors (Lipinski definition) is 1. The predicted octanol–water partition coefficient (Wildman–Crippen LogP) is 2.09. The minimum atomic E-state index is -0.608. The monoisotopic (exact) mass is 287 g/mol. The first kappa shape index (κ1) is 14.7. The highest BCUT2D eigenvalue weighted by Gasteiger charge is 2.08. The number of esters is 1. The Kier molecular flexibility index (Phi) is 5.04. The van der Waals surface area contributed by atoms with Crippen molar-refractivity contribution in [2.45, 2.75) is 6.42 Å². The smallest absolute Gasteiger partial charge is 0.330 e. The van der Waals surface area contributed by atoms with E-state index in [9.17, 15) is 14.0 Å². The number of hydrogen-bond acceptors (Lipinski definition) is 3. The fourth-order valence-electron chi connectivity index (χ4n) is 1.68. The van der Waals surface area contributed by atoms with E-state index < -0.39 is 11.8 Å². The summed E-state index contributed by atoms with van der Waals surface area (Å²) in [5.41, 5.74) is 0.863. The second-order valence-electron chi connectivity index (χ2n) is 4.37. The zero-order valence-corrected chi connectivity index (χ0v) is 11.2. The van der Waals surface area contributed by atoms with Crippen LogP contribution in [0.25, 0.3) is 0 Å². The topological polar surface area (TPSA) is 55.4 Å². The summed E-state index contributed by atoms with van der Waals surface area (Å²) in [5, 5.41) is 2.47. The fraction of sp³-hybridized carbons (Fsp3) is 0.125. The number of nitrogens with one attached hydrogen (secondary N) is 1. The molecule has 0 fully saturated rings. The summed E-state index contributed by atoms with van der Waals surface area (Å²) >= 11 is 0. The molecule has 0 radical (unpaired) electrons. The Morgan fingerprint density at radius 3 is 2.33 bits per heavy atom. The summed E-state index contributed by atoms with van der Waals surface area (Å²) in [6.07, 6.45) is 0.199. The van der Waals surface area contributed by atoms with Crippen LogP contribution in [-0.2, 0) is 16.0 Å². The molecule has 0 aliphatic carbocycles. The number of benzene rings is 2. The fourth-order valence-corrected chi connectivity index (χ4v) is 1.68. The Morgan fingerprint density at radius 2 is 1.67 bits per heavy atom. The van der Waals surface area contributed by atoms with Crippen LogP contribution in [0.1, 0.15) is 5.56 Å². The summed E-state index contributed by atoms with van der Waals surface area (Å²) in [6, 6.07) is 14.3. The van der Waals surface area contributed by atoms with E-state index in [0.29, 0.717) is 0 Å². The largest absolute Gasteiger partial charge is 0.425 e. The molecule has 2 rings (SSSR count). The van der Waals surface area contributed by atoms with Crippen LogP contribution in [0.3, 0.4) is 0 Å². The molecule has 0 aliphatic rings. The number of carbonyl (C=O) groups excluding carboxylic acids is 2. The Morgan fingerprint density at radius 1 is 1.00 bits per heavy atom. The lowest BCUT2D eigenvalue weighted by molar-refractivity contribution is -0.135. The third-order valence-electron chi connectivity index (χ3n) is 2.68. The van der Waals surface area contributed by atoms with Crippen LogP contribution in [-0.4, -0.2) is 18.4 Å². The van der Waals surface area contributed by atoms with Crippen molar-refractivity contribution in [3.8, 4) is 5.75 Å². The van der Waals surface area contributed by atoms with E-state index in [1.807, 2.05) is 30.3 Å². The van der Waals surface area contributed by atoms with Gasteiger partial charge in [0.2, 0.25) is 5.91 Å². The third kappa shape index (κ3) is 5.06. The second kappa shape index (κ2) is 7.19. The van der Waals surface area contributed by atoms with E-state index in [4.69, 9.17) is 4.74 Å². The number of halogens is 1.